The summed E-state index contributed by atoms with van der Waals surface area (Å²) in [6.45, 7) is 5.69. The molecule has 5 fully saturated rings. The number of hydrogen-bond donors (Lipinski definition) is 1. The normalized spacial score (nSPS) is 53.3. The van der Waals surface area contributed by atoms with Crippen LogP contribution in [0, 0.1) is 51.2 Å². The zero-order chi connectivity index (χ0) is 22.4. The van der Waals surface area contributed by atoms with Gasteiger partial charge in [0.15, 0.2) is 0 Å². The maximum Gasteiger partial charge on any atom is 0.306 e. The molecule has 1 heterocycles. The minimum Gasteiger partial charge on any atom is -0.458 e. The topological polar surface area (TPSA) is 104 Å². The minimum absolute atomic E-state index is 0.113. The van der Waals surface area contributed by atoms with Crippen LogP contribution in [0.5, 0.6) is 0 Å². The van der Waals surface area contributed by atoms with Gasteiger partial charge in [-0.15, -0.1) is 0 Å². The first kappa shape index (κ1) is 21.1. The molecule has 4 saturated carbocycles. The molecule has 6 heteroatoms. The molecule has 1 spiro atoms. The van der Waals surface area contributed by atoms with E-state index in [-0.39, 0.29) is 34.8 Å². The van der Waals surface area contributed by atoms with Crippen LogP contribution in [0.1, 0.15) is 78.6 Å². The number of rotatable bonds is 1. The summed E-state index contributed by atoms with van der Waals surface area (Å²) in [6.07, 6.45) is 4.96. The first-order valence-corrected chi connectivity index (χ1v) is 11.9. The number of nitriles is 1. The van der Waals surface area contributed by atoms with Gasteiger partial charge in [-0.3, -0.25) is 14.4 Å². The highest BCUT2D eigenvalue weighted by atomic mass is 16.6. The number of esters is 1. The lowest BCUT2D eigenvalue weighted by Gasteiger charge is -2.65. The maximum atomic E-state index is 12.8. The molecule has 1 saturated heterocycles. The third-order valence-electron chi connectivity index (χ3n) is 10.7. The number of Topliss-reactive ketones (excluding diaryl/α,β-unsaturated/α-hetero) is 2. The summed E-state index contributed by atoms with van der Waals surface area (Å²) in [5.41, 5.74) is -2.37. The van der Waals surface area contributed by atoms with Gasteiger partial charge in [-0.25, -0.2) is 0 Å². The van der Waals surface area contributed by atoms with Crippen molar-refractivity contribution in [2.75, 3.05) is 0 Å². The molecule has 168 valence electrons. The average Bonchev–Trinajstić information content (AvgIpc) is 3.22. The molecule has 0 radical (unpaired) electrons. The van der Waals surface area contributed by atoms with Crippen molar-refractivity contribution in [3.8, 4) is 6.07 Å². The number of carbonyl (C=O) groups is 3. The van der Waals surface area contributed by atoms with E-state index in [9.17, 15) is 24.8 Å². The van der Waals surface area contributed by atoms with Crippen molar-refractivity contribution in [1.29, 1.82) is 5.26 Å². The fourth-order valence-electron chi connectivity index (χ4n) is 9.40. The van der Waals surface area contributed by atoms with E-state index in [1.165, 1.54) is 6.92 Å². The monoisotopic (exact) mass is 427 g/mol. The number of aliphatic hydroxyl groups is 1. The van der Waals surface area contributed by atoms with Crippen LogP contribution >= 0.6 is 0 Å². The van der Waals surface area contributed by atoms with Gasteiger partial charge >= 0.3 is 5.97 Å². The number of nitrogens with zero attached hydrogens (tertiary/aromatic N) is 1. The van der Waals surface area contributed by atoms with Gasteiger partial charge in [0.2, 0.25) is 0 Å². The van der Waals surface area contributed by atoms with E-state index in [0.717, 1.165) is 25.7 Å². The van der Waals surface area contributed by atoms with Gasteiger partial charge in [-0.2, -0.15) is 5.26 Å². The number of hydrogen-bond acceptors (Lipinski definition) is 6. The van der Waals surface area contributed by atoms with Crippen molar-refractivity contribution in [2.45, 2.75) is 90.3 Å². The molecule has 1 aliphatic heterocycles. The average molecular weight is 428 g/mol. The van der Waals surface area contributed by atoms with Gasteiger partial charge in [0.25, 0.3) is 0 Å². The number of fused-ring (bicyclic) bond motifs is 6. The Hall–Kier alpha value is -1.74. The highest BCUT2D eigenvalue weighted by Crippen LogP contribution is 2.73. The van der Waals surface area contributed by atoms with Gasteiger partial charge in [-0.1, -0.05) is 13.8 Å². The zero-order valence-electron chi connectivity index (χ0n) is 18.8. The molecule has 6 nitrogen and oxygen atoms in total. The number of carbonyl (C=O) groups excluding carboxylic acids is 3. The van der Waals surface area contributed by atoms with E-state index in [1.54, 1.807) is 0 Å². The zero-order valence-corrected chi connectivity index (χ0v) is 18.8. The smallest absolute Gasteiger partial charge is 0.306 e. The van der Waals surface area contributed by atoms with Crippen molar-refractivity contribution >= 4 is 17.5 Å². The van der Waals surface area contributed by atoms with E-state index in [0.29, 0.717) is 38.0 Å². The molecular weight excluding hydrogens is 394 g/mol. The highest BCUT2D eigenvalue weighted by Gasteiger charge is 2.73. The van der Waals surface area contributed by atoms with Crippen molar-refractivity contribution < 1.29 is 24.2 Å². The predicted octanol–water partition coefficient (Wildman–Crippen LogP) is 3.35. The Balaban J connectivity index is 1.57. The van der Waals surface area contributed by atoms with Crippen LogP contribution in [-0.4, -0.2) is 34.3 Å². The van der Waals surface area contributed by atoms with Crippen LogP contribution in [0.25, 0.3) is 0 Å². The van der Waals surface area contributed by atoms with E-state index in [1.807, 2.05) is 0 Å². The molecule has 5 rings (SSSR count). The Morgan fingerprint density at radius 1 is 1.10 bits per heavy atom. The van der Waals surface area contributed by atoms with E-state index in [2.05, 4.69) is 19.9 Å². The van der Waals surface area contributed by atoms with Crippen LogP contribution in [0.3, 0.4) is 0 Å². The third-order valence-corrected chi connectivity index (χ3v) is 10.7. The lowest BCUT2D eigenvalue weighted by Crippen LogP contribution is -2.66. The van der Waals surface area contributed by atoms with E-state index < -0.39 is 28.5 Å². The molecule has 9 atom stereocenters. The fraction of sp³-hybridized carbons (Fsp3) is 0.840. The van der Waals surface area contributed by atoms with E-state index >= 15 is 0 Å². The van der Waals surface area contributed by atoms with Gasteiger partial charge in [0.05, 0.1) is 23.5 Å². The first-order valence-electron chi connectivity index (χ1n) is 11.9. The Morgan fingerprint density at radius 3 is 2.45 bits per heavy atom. The molecule has 0 amide bonds. The SMILES string of the molecule is CC(=O)[C@@H]1C(=O)CCC2(C)C3C(O)CC4(C)C(CC[C@@]45CCC(=O)O5)C3CCC12C#N. The van der Waals surface area contributed by atoms with Crippen LogP contribution < -0.4 is 0 Å². The van der Waals surface area contributed by atoms with Crippen LogP contribution in [0.4, 0.5) is 0 Å². The van der Waals surface area contributed by atoms with Crippen molar-refractivity contribution in [1.82, 2.24) is 0 Å². The second kappa shape index (κ2) is 6.41. The van der Waals surface area contributed by atoms with E-state index in [4.69, 9.17) is 4.74 Å². The molecule has 0 bridgehead atoms. The maximum absolute atomic E-state index is 12.8. The summed E-state index contributed by atoms with van der Waals surface area (Å²) in [7, 11) is 0. The lowest BCUT2D eigenvalue weighted by atomic mass is 9.37. The van der Waals surface area contributed by atoms with Crippen LogP contribution in [0.15, 0.2) is 0 Å². The second-order valence-electron chi connectivity index (χ2n) is 11.5. The summed E-state index contributed by atoms with van der Waals surface area (Å²) in [5.74, 6) is -0.952. The largest absolute Gasteiger partial charge is 0.458 e. The molecule has 0 aromatic rings. The summed E-state index contributed by atoms with van der Waals surface area (Å²) in [5, 5.41) is 22.0. The molecule has 31 heavy (non-hydrogen) atoms. The lowest BCUT2D eigenvalue weighted by molar-refractivity contribution is -0.217. The molecule has 5 aliphatic rings. The predicted molar refractivity (Wildman–Crippen MR) is 110 cm³/mol. The third kappa shape index (κ3) is 2.34. The quantitative estimate of drug-likeness (QED) is 0.508. The minimum atomic E-state index is -1.04. The first-order chi connectivity index (χ1) is 14.6. The molecule has 1 N–H and O–H groups in total. The summed E-state index contributed by atoms with van der Waals surface area (Å²) in [6, 6.07) is 2.48. The highest BCUT2D eigenvalue weighted by molar-refractivity contribution is 6.03. The van der Waals surface area contributed by atoms with Crippen molar-refractivity contribution in [3.63, 3.8) is 0 Å². The summed E-state index contributed by atoms with van der Waals surface area (Å²) >= 11 is 0. The van der Waals surface area contributed by atoms with Crippen molar-refractivity contribution in [2.24, 2.45) is 39.9 Å². The number of ether oxygens (including phenoxy) is 1. The van der Waals surface area contributed by atoms with Crippen LogP contribution in [-0.2, 0) is 19.1 Å². The second-order valence-corrected chi connectivity index (χ2v) is 11.5. The number of ketones is 2. The van der Waals surface area contributed by atoms with Crippen LogP contribution in [0.2, 0.25) is 0 Å². The standard InChI is InChI=1S/C25H33NO5/c1-14(27)20-17(28)6-8-22(2)21-15(4-9-24(20,22)13-26)16-5-10-25(11-7-19(30)31-25)23(16,3)12-18(21)29/h15-16,18,20-21,29H,4-12H2,1-3H3/t15?,16?,18?,20-,21?,22?,23?,24?,25-/m1/s1. The number of aliphatic hydroxyl groups excluding tert-OH is 1. The van der Waals surface area contributed by atoms with Crippen molar-refractivity contribution in [3.05, 3.63) is 0 Å². The van der Waals surface area contributed by atoms with Gasteiger partial charge < -0.3 is 9.84 Å². The fourth-order valence-corrected chi connectivity index (χ4v) is 9.40. The van der Waals surface area contributed by atoms with Gasteiger partial charge in [-0.05, 0) is 75.0 Å². The van der Waals surface area contributed by atoms with Gasteiger partial charge in [0, 0.05) is 18.3 Å². The molecule has 4 aliphatic carbocycles. The summed E-state index contributed by atoms with van der Waals surface area (Å²) < 4.78 is 5.95. The summed E-state index contributed by atoms with van der Waals surface area (Å²) in [4.78, 5) is 37.4. The molecule has 0 aromatic heterocycles. The van der Waals surface area contributed by atoms with Gasteiger partial charge in [0.1, 0.15) is 17.2 Å². The Labute approximate surface area is 183 Å². The Morgan fingerprint density at radius 2 is 1.84 bits per heavy atom. The Bertz CT molecular complexity index is 908. The molecule has 7 unspecified atom stereocenters. The molecular formula is C25H33NO5. The Kier molecular flexibility index (Phi) is 4.36. The molecule has 0 aromatic carbocycles.